The van der Waals surface area contributed by atoms with Crippen LogP contribution in [0.2, 0.25) is 0 Å². The number of hydrogen-bond donors (Lipinski definition) is 0. The molecule has 2 fully saturated rings. The van der Waals surface area contributed by atoms with Crippen LogP contribution in [0.3, 0.4) is 0 Å². The molecule has 2 atom stereocenters. The van der Waals surface area contributed by atoms with E-state index in [1.54, 1.807) is 0 Å². The van der Waals surface area contributed by atoms with E-state index >= 15 is 0 Å². The van der Waals surface area contributed by atoms with Gasteiger partial charge in [0, 0.05) is 32.8 Å². The second-order valence-electron chi connectivity index (χ2n) is 6.85. The van der Waals surface area contributed by atoms with Crippen molar-refractivity contribution in [2.24, 2.45) is 5.92 Å². The molecule has 2 saturated heterocycles. The summed E-state index contributed by atoms with van der Waals surface area (Å²) in [4.78, 5) is 13.2. The predicted octanol–water partition coefficient (Wildman–Crippen LogP) is 3.99. The van der Waals surface area contributed by atoms with Crippen LogP contribution in [-0.2, 0) is 23.6 Å². The number of rotatable bonds is 4. The van der Waals surface area contributed by atoms with Crippen LogP contribution in [0.5, 0.6) is 0 Å². The van der Waals surface area contributed by atoms with Crippen LogP contribution in [0, 0.1) is 12.8 Å². The van der Waals surface area contributed by atoms with Crippen molar-refractivity contribution in [3.8, 4) is 0 Å². The van der Waals surface area contributed by atoms with Crippen molar-refractivity contribution in [3.05, 3.63) is 34.4 Å². The largest absolute Gasteiger partial charge is 0.294 e. The molecule has 120 valence electrons. The van der Waals surface area contributed by atoms with Gasteiger partial charge in [-0.15, -0.1) is 0 Å². The molecule has 2 aliphatic rings. The molecule has 1 aromatic rings. The summed E-state index contributed by atoms with van der Waals surface area (Å²) in [6, 6.07) is 4.34. The van der Waals surface area contributed by atoms with Crippen LogP contribution < -0.4 is 0 Å². The summed E-state index contributed by atoms with van der Waals surface area (Å²) in [6.07, 6.45) is 5.58. The molecule has 2 unspecified atom stereocenters. The fraction of sp³-hybridized carbons (Fsp3) is 0.632. The topological polar surface area (TPSA) is 34.1 Å². The number of fused-ring (bicyclic) bond motifs is 2. The summed E-state index contributed by atoms with van der Waals surface area (Å²) in [7, 11) is -0.682. The molecule has 2 nitrogen and oxygen atoms in total. The summed E-state index contributed by atoms with van der Waals surface area (Å²) >= 11 is 0. The van der Waals surface area contributed by atoms with Crippen molar-refractivity contribution in [1.82, 2.24) is 0 Å². The minimum Gasteiger partial charge on any atom is -0.294 e. The fourth-order valence-corrected chi connectivity index (χ4v) is 6.39. The second kappa shape index (κ2) is 6.27. The van der Waals surface area contributed by atoms with Gasteiger partial charge >= 0.3 is 0 Å². The van der Waals surface area contributed by atoms with E-state index in [0.717, 1.165) is 44.1 Å². The smallest absolute Gasteiger partial charge is 0.166 e. The number of carbonyl (C=O) groups excluding carboxylic acids is 1. The van der Waals surface area contributed by atoms with Crippen LogP contribution in [-0.4, -0.2) is 20.5 Å². The first-order valence-corrected chi connectivity index (χ1v) is 9.88. The molecule has 0 saturated carbocycles. The average molecular weight is 318 g/mol. The maximum absolute atomic E-state index is 13.2. The second-order valence-corrected chi connectivity index (χ2v) is 8.84. The molecule has 3 heteroatoms. The highest BCUT2D eigenvalue weighted by Crippen LogP contribution is 2.40. The third kappa shape index (κ3) is 2.68. The molecule has 0 aromatic heterocycles. The van der Waals surface area contributed by atoms with Crippen LogP contribution in [0.4, 0.5) is 0 Å². The molecule has 1 aromatic carbocycles. The molecule has 0 aliphatic carbocycles. The SMILES string of the molecule is CCc1cc(C)cc(CC)c1C(=O)C1CC2CCC(C1)S2=O. The average Bonchev–Trinajstić information content (AvgIpc) is 2.75. The Balaban J connectivity index is 1.94. The third-order valence-corrected chi connectivity index (χ3v) is 7.56. The van der Waals surface area contributed by atoms with Gasteiger partial charge in [-0.05, 0) is 56.6 Å². The van der Waals surface area contributed by atoms with Crippen molar-refractivity contribution >= 4 is 16.6 Å². The zero-order valence-electron chi connectivity index (χ0n) is 13.9. The van der Waals surface area contributed by atoms with Crippen LogP contribution in [0.1, 0.15) is 66.6 Å². The zero-order chi connectivity index (χ0) is 15.9. The van der Waals surface area contributed by atoms with Crippen LogP contribution in [0.15, 0.2) is 12.1 Å². The quantitative estimate of drug-likeness (QED) is 0.787. The molecular formula is C19H26O2S. The fourth-order valence-electron chi connectivity index (χ4n) is 4.27. The normalized spacial score (nSPS) is 30.5. The number of aryl methyl sites for hydroxylation is 3. The monoisotopic (exact) mass is 318 g/mol. The Hall–Kier alpha value is -0.960. The van der Waals surface area contributed by atoms with E-state index in [4.69, 9.17) is 0 Å². The van der Waals surface area contributed by atoms with Crippen molar-refractivity contribution in [2.75, 3.05) is 0 Å². The van der Waals surface area contributed by atoms with Crippen molar-refractivity contribution in [1.29, 1.82) is 0 Å². The molecule has 0 amide bonds. The Morgan fingerprint density at radius 1 is 1.09 bits per heavy atom. The molecule has 3 rings (SSSR count). The van der Waals surface area contributed by atoms with Gasteiger partial charge in [0.15, 0.2) is 5.78 Å². The van der Waals surface area contributed by atoms with Crippen molar-refractivity contribution in [3.63, 3.8) is 0 Å². The maximum Gasteiger partial charge on any atom is 0.166 e. The standard InChI is InChI=1S/C19H26O2S/c1-4-13-8-12(3)9-14(5-2)18(13)19(20)15-10-16-6-7-17(11-15)22(16)21/h8-9,15-17H,4-7,10-11H2,1-3H3. The lowest BCUT2D eigenvalue weighted by Gasteiger charge is -2.27. The molecule has 22 heavy (non-hydrogen) atoms. The molecular weight excluding hydrogens is 292 g/mol. The van der Waals surface area contributed by atoms with E-state index in [-0.39, 0.29) is 16.4 Å². The highest BCUT2D eigenvalue weighted by Gasteiger charge is 2.43. The highest BCUT2D eigenvalue weighted by molar-refractivity contribution is 7.86. The van der Waals surface area contributed by atoms with Gasteiger partial charge in [0.1, 0.15) is 0 Å². The van der Waals surface area contributed by atoms with E-state index in [0.29, 0.717) is 5.78 Å². The summed E-state index contributed by atoms with van der Waals surface area (Å²) in [5, 5.41) is 0.543. The van der Waals surface area contributed by atoms with Gasteiger partial charge in [-0.2, -0.15) is 0 Å². The first-order chi connectivity index (χ1) is 10.5. The van der Waals surface area contributed by atoms with E-state index in [1.807, 2.05) is 0 Å². The van der Waals surface area contributed by atoms with E-state index < -0.39 is 10.8 Å². The molecule has 0 N–H and O–H groups in total. The van der Waals surface area contributed by atoms with Crippen LogP contribution in [0.25, 0.3) is 0 Å². The minimum atomic E-state index is -0.682. The summed E-state index contributed by atoms with van der Waals surface area (Å²) in [6.45, 7) is 6.37. The Kier molecular flexibility index (Phi) is 4.54. The Labute approximate surface area is 136 Å². The van der Waals surface area contributed by atoms with Gasteiger partial charge in [-0.1, -0.05) is 31.5 Å². The number of benzene rings is 1. The zero-order valence-corrected chi connectivity index (χ0v) is 14.7. The first-order valence-electron chi connectivity index (χ1n) is 8.61. The van der Waals surface area contributed by atoms with Gasteiger partial charge in [0.05, 0.1) is 0 Å². The molecule has 2 heterocycles. The molecule has 0 spiro atoms. The van der Waals surface area contributed by atoms with Gasteiger partial charge in [0.2, 0.25) is 0 Å². The summed E-state index contributed by atoms with van der Waals surface area (Å²) < 4.78 is 12.2. The number of carbonyl (C=O) groups is 1. The number of Topliss-reactive ketones (excluding diaryl/α,β-unsaturated/α-hetero) is 1. The number of ketones is 1. The van der Waals surface area contributed by atoms with Gasteiger partial charge in [-0.25, -0.2) is 0 Å². The van der Waals surface area contributed by atoms with E-state index in [2.05, 4.69) is 32.9 Å². The van der Waals surface area contributed by atoms with Gasteiger partial charge in [0.25, 0.3) is 0 Å². The minimum absolute atomic E-state index is 0.0912. The summed E-state index contributed by atoms with van der Waals surface area (Å²) in [5.74, 6) is 0.413. The summed E-state index contributed by atoms with van der Waals surface area (Å²) in [5.41, 5.74) is 4.62. The Bertz CT molecular complexity index is 579. The van der Waals surface area contributed by atoms with E-state index in [9.17, 15) is 9.00 Å². The van der Waals surface area contributed by atoms with Crippen molar-refractivity contribution in [2.45, 2.75) is 69.8 Å². The maximum atomic E-state index is 13.2. The highest BCUT2D eigenvalue weighted by atomic mass is 32.2. The van der Waals surface area contributed by atoms with E-state index in [1.165, 1.54) is 16.7 Å². The Morgan fingerprint density at radius 2 is 1.59 bits per heavy atom. The lowest BCUT2D eigenvalue weighted by Crippen LogP contribution is -2.33. The third-order valence-electron chi connectivity index (χ3n) is 5.39. The Morgan fingerprint density at radius 3 is 2.05 bits per heavy atom. The predicted molar refractivity (Wildman–Crippen MR) is 91.9 cm³/mol. The van der Waals surface area contributed by atoms with Crippen LogP contribution >= 0.6 is 0 Å². The number of hydrogen-bond acceptors (Lipinski definition) is 2. The van der Waals surface area contributed by atoms with Gasteiger partial charge < -0.3 is 0 Å². The molecule has 2 aliphatic heterocycles. The molecule has 0 radical (unpaired) electrons. The first kappa shape index (κ1) is 15.9. The molecule has 2 bridgehead atoms. The lowest BCUT2D eigenvalue weighted by molar-refractivity contribution is 0.0904. The van der Waals surface area contributed by atoms with Gasteiger partial charge in [-0.3, -0.25) is 9.00 Å². The van der Waals surface area contributed by atoms with Crippen molar-refractivity contribution < 1.29 is 9.00 Å². The lowest BCUT2D eigenvalue weighted by atomic mass is 9.84.